The Morgan fingerprint density at radius 1 is 0.938 bits per heavy atom. The minimum absolute atomic E-state index is 0.0895. The average Bonchev–Trinajstić information content (AvgIpc) is 2.30. The highest BCUT2D eigenvalue weighted by molar-refractivity contribution is 6.58. The molecule has 84 valence electrons. The van der Waals surface area contributed by atoms with Gasteiger partial charge in [0.2, 0.25) is 0 Å². The Bertz CT molecular complexity index is 482. The van der Waals surface area contributed by atoms with Gasteiger partial charge in [0.1, 0.15) is 4.49 Å². The van der Waals surface area contributed by atoms with Crippen LogP contribution in [0.1, 0.15) is 0 Å². The first-order valence-electron chi connectivity index (χ1n) is 4.40. The van der Waals surface area contributed by atoms with Crippen molar-refractivity contribution in [2.75, 3.05) is 0 Å². The molecule has 2 aromatic carbocycles. The summed E-state index contributed by atoms with van der Waals surface area (Å²) >= 11 is 20.8. The van der Waals surface area contributed by atoms with Crippen molar-refractivity contribution in [2.24, 2.45) is 0 Å². The van der Waals surface area contributed by atoms with Crippen LogP contribution in [0.15, 0.2) is 52.5 Å². The van der Waals surface area contributed by atoms with E-state index in [2.05, 4.69) is 12.1 Å². The average molecular weight is 294 g/mol. The van der Waals surface area contributed by atoms with Gasteiger partial charge in [-0.3, -0.25) is 0 Å². The van der Waals surface area contributed by atoms with Crippen LogP contribution in [0.5, 0.6) is 0 Å². The van der Waals surface area contributed by atoms with Crippen LogP contribution < -0.4 is 0 Å². The molecule has 0 saturated heterocycles. The van der Waals surface area contributed by atoms with Crippen LogP contribution in [-0.2, 0) is 0 Å². The second kappa shape index (κ2) is 7.03. The highest BCUT2D eigenvalue weighted by atomic mass is 35.5. The lowest BCUT2D eigenvalue weighted by Crippen LogP contribution is -1.70. The molecule has 0 unspecified atom stereocenters. The van der Waals surface area contributed by atoms with E-state index in [-0.39, 0.29) is 4.49 Å². The number of halogens is 4. The molecule has 16 heavy (non-hydrogen) atoms. The van der Waals surface area contributed by atoms with Gasteiger partial charge in [-0.15, -0.1) is 0 Å². The van der Waals surface area contributed by atoms with Crippen LogP contribution in [0, 0.1) is 0 Å². The third-order valence-electron chi connectivity index (χ3n) is 1.82. The third kappa shape index (κ3) is 4.23. The van der Waals surface area contributed by atoms with Gasteiger partial charge in [-0.25, -0.2) is 0 Å². The number of hydrogen-bond acceptors (Lipinski definition) is 0. The molecule has 0 aliphatic heterocycles. The van der Waals surface area contributed by atoms with E-state index in [1.807, 2.05) is 30.3 Å². The molecule has 0 radical (unpaired) electrons. The normalized spacial score (nSPS) is 9.25. The van der Waals surface area contributed by atoms with E-state index in [1.54, 1.807) is 0 Å². The predicted octanol–water partition coefficient (Wildman–Crippen LogP) is 5.99. The fourth-order valence-electron chi connectivity index (χ4n) is 1.19. The highest BCUT2D eigenvalue weighted by Crippen LogP contribution is 2.22. The Labute approximate surface area is 114 Å². The SMILES string of the molecule is ClC=C(Cl)Cl.Clc1cccc2ccccc12. The second-order valence-electron chi connectivity index (χ2n) is 2.86. The summed E-state index contributed by atoms with van der Waals surface area (Å²) in [5.74, 6) is 0. The van der Waals surface area contributed by atoms with Crippen molar-refractivity contribution in [1.82, 2.24) is 0 Å². The molecule has 0 fully saturated rings. The monoisotopic (exact) mass is 292 g/mol. The lowest BCUT2D eigenvalue weighted by Gasteiger charge is -1.97. The molecule has 2 rings (SSSR count). The summed E-state index contributed by atoms with van der Waals surface area (Å²) in [5.41, 5.74) is 1.09. The van der Waals surface area contributed by atoms with Gasteiger partial charge < -0.3 is 0 Å². The molecule has 0 heterocycles. The smallest absolute Gasteiger partial charge is 0.0904 e. The summed E-state index contributed by atoms with van der Waals surface area (Å²) in [4.78, 5) is 0. The van der Waals surface area contributed by atoms with E-state index >= 15 is 0 Å². The van der Waals surface area contributed by atoms with E-state index in [0.717, 1.165) is 15.9 Å². The zero-order valence-electron chi connectivity index (χ0n) is 8.13. The molecule has 0 spiro atoms. The Kier molecular flexibility index (Phi) is 6.00. The Morgan fingerprint density at radius 2 is 1.50 bits per heavy atom. The predicted molar refractivity (Wildman–Crippen MR) is 74.6 cm³/mol. The quantitative estimate of drug-likeness (QED) is 0.559. The summed E-state index contributed by atoms with van der Waals surface area (Å²) in [7, 11) is 0. The maximum atomic E-state index is 5.96. The third-order valence-corrected chi connectivity index (χ3v) is 2.81. The standard InChI is InChI=1S/C10H7Cl.C2HCl3/c11-10-7-3-5-8-4-1-2-6-9(8)10;3-1-2(4)5/h1-7H;1H. The molecule has 0 aliphatic rings. The first-order chi connectivity index (χ1) is 7.65. The van der Waals surface area contributed by atoms with Crippen molar-refractivity contribution in [3.05, 3.63) is 57.5 Å². The summed E-state index contributed by atoms with van der Waals surface area (Å²) in [6.45, 7) is 0. The summed E-state index contributed by atoms with van der Waals surface area (Å²) in [6, 6.07) is 14.0. The Hall–Kier alpha value is -0.400. The molecule has 0 atom stereocenters. The van der Waals surface area contributed by atoms with E-state index < -0.39 is 0 Å². The zero-order valence-corrected chi connectivity index (χ0v) is 11.2. The largest absolute Gasteiger partial charge is 0.118 e. The minimum Gasteiger partial charge on any atom is -0.0904 e. The van der Waals surface area contributed by atoms with Crippen molar-refractivity contribution >= 4 is 57.2 Å². The van der Waals surface area contributed by atoms with Crippen LogP contribution in [0.25, 0.3) is 10.8 Å². The molecule has 4 heteroatoms. The van der Waals surface area contributed by atoms with Crippen LogP contribution in [0.2, 0.25) is 5.02 Å². The number of hydrogen-bond donors (Lipinski definition) is 0. The summed E-state index contributed by atoms with van der Waals surface area (Å²) in [5, 5.41) is 3.14. The van der Waals surface area contributed by atoms with E-state index in [9.17, 15) is 0 Å². The van der Waals surface area contributed by atoms with E-state index in [4.69, 9.17) is 46.4 Å². The van der Waals surface area contributed by atoms with Crippen LogP contribution in [0.4, 0.5) is 0 Å². The lowest BCUT2D eigenvalue weighted by atomic mass is 10.1. The lowest BCUT2D eigenvalue weighted by molar-refractivity contribution is 1.75. The molecule has 0 saturated carbocycles. The molecule has 2 aromatic rings. The van der Waals surface area contributed by atoms with Gasteiger partial charge in [-0.05, 0) is 11.5 Å². The molecule has 0 N–H and O–H groups in total. The highest BCUT2D eigenvalue weighted by Gasteiger charge is 1.93. The summed E-state index contributed by atoms with van der Waals surface area (Å²) in [6.07, 6.45) is 0. The van der Waals surface area contributed by atoms with Crippen molar-refractivity contribution in [3.8, 4) is 0 Å². The Balaban J connectivity index is 0.000000221. The van der Waals surface area contributed by atoms with Crippen LogP contribution >= 0.6 is 46.4 Å². The van der Waals surface area contributed by atoms with Gasteiger partial charge in [0.25, 0.3) is 0 Å². The van der Waals surface area contributed by atoms with Gasteiger partial charge in [0, 0.05) is 15.9 Å². The van der Waals surface area contributed by atoms with E-state index in [1.165, 1.54) is 5.39 Å². The molecule has 0 aromatic heterocycles. The first-order valence-corrected chi connectivity index (χ1v) is 5.97. The molecule has 0 nitrogen and oxygen atoms in total. The van der Waals surface area contributed by atoms with Crippen molar-refractivity contribution in [1.29, 1.82) is 0 Å². The molecular weight excluding hydrogens is 286 g/mol. The minimum atomic E-state index is 0.0895. The maximum absolute atomic E-state index is 5.96. The molecular formula is C12H8Cl4. The first kappa shape index (κ1) is 13.7. The maximum Gasteiger partial charge on any atom is 0.118 e. The molecule has 0 bridgehead atoms. The topological polar surface area (TPSA) is 0 Å². The fraction of sp³-hybridized carbons (Fsp3) is 0. The van der Waals surface area contributed by atoms with Gasteiger partial charge in [0.15, 0.2) is 0 Å². The summed E-state index contributed by atoms with van der Waals surface area (Å²) < 4.78 is 0.0895. The van der Waals surface area contributed by atoms with E-state index in [0.29, 0.717) is 0 Å². The molecule has 0 aliphatic carbocycles. The van der Waals surface area contributed by atoms with Crippen molar-refractivity contribution < 1.29 is 0 Å². The number of fused-ring (bicyclic) bond motifs is 1. The van der Waals surface area contributed by atoms with Crippen LogP contribution in [-0.4, -0.2) is 0 Å². The fourth-order valence-corrected chi connectivity index (χ4v) is 1.43. The van der Waals surface area contributed by atoms with Crippen molar-refractivity contribution in [3.63, 3.8) is 0 Å². The Morgan fingerprint density at radius 3 is 2.06 bits per heavy atom. The van der Waals surface area contributed by atoms with Gasteiger partial charge in [-0.1, -0.05) is 82.8 Å². The number of rotatable bonds is 0. The van der Waals surface area contributed by atoms with Crippen LogP contribution in [0.3, 0.4) is 0 Å². The molecule has 0 amide bonds. The van der Waals surface area contributed by atoms with Gasteiger partial charge in [0.05, 0.1) is 0 Å². The van der Waals surface area contributed by atoms with Gasteiger partial charge in [-0.2, -0.15) is 0 Å². The van der Waals surface area contributed by atoms with Crippen molar-refractivity contribution in [2.45, 2.75) is 0 Å². The van der Waals surface area contributed by atoms with Gasteiger partial charge >= 0.3 is 0 Å². The zero-order chi connectivity index (χ0) is 12.0. The number of benzene rings is 2. The second-order valence-corrected chi connectivity index (χ2v) is 4.49.